The van der Waals surface area contributed by atoms with E-state index in [-0.39, 0.29) is 11.7 Å². The molecule has 1 aromatic carbocycles. The van der Waals surface area contributed by atoms with Gasteiger partial charge in [0.05, 0.1) is 16.8 Å². The van der Waals surface area contributed by atoms with Gasteiger partial charge >= 0.3 is 0 Å². The Kier molecular flexibility index (Phi) is 4.07. The van der Waals surface area contributed by atoms with Crippen molar-refractivity contribution in [2.24, 2.45) is 5.92 Å². The number of fused-ring (bicyclic) bond motifs is 1. The Balaban J connectivity index is 2.25. The van der Waals surface area contributed by atoms with Gasteiger partial charge < -0.3 is 4.57 Å². The quantitative estimate of drug-likeness (QED) is 0.775. The van der Waals surface area contributed by atoms with Crippen molar-refractivity contribution in [1.82, 2.24) is 9.55 Å². The van der Waals surface area contributed by atoms with Crippen molar-refractivity contribution in [2.75, 3.05) is 5.75 Å². The standard InChI is InChI=1S/C14H18N2OS/c1-4-16-12-8-6-5-7-11(12)15-14(16)18-9-13(17)10(2)3/h5-8,10H,4,9H2,1-3H3. The maximum atomic E-state index is 11.7. The number of para-hydroxylation sites is 2. The van der Waals surface area contributed by atoms with Gasteiger partial charge in [0.2, 0.25) is 0 Å². The van der Waals surface area contributed by atoms with Crippen LogP contribution in [0.1, 0.15) is 20.8 Å². The summed E-state index contributed by atoms with van der Waals surface area (Å²) in [7, 11) is 0. The Hall–Kier alpha value is -1.29. The first-order chi connectivity index (χ1) is 8.63. The number of hydrogen-bond donors (Lipinski definition) is 0. The van der Waals surface area contributed by atoms with Crippen molar-refractivity contribution in [2.45, 2.75) is 32.5 Å². The second-order valence-corrected chi connectivity index (χ2v) is 5.48. The molecular formula is C14H18N2OS. The van der Waals surface area contributed by atoms with Crippen LogP contribution in [-0.4, -0.2) is 21.1 Å². The van der Waals surface area contributed by atoms with Crippen LogP contribution in [-0.2, 0) is 11.3 Å². The first kappa shape index (κ1) is 13.1. The zero-order valence-corrected chi connectivity index (χ0v) is 11.8. The molecule has 0 atom stereocenters. The molecule has 0 aliphatic rings. The minimum absolute atomic E-state index is 0.0944. The van der Waals surface area contributed by atoms with Gasteiger partial charge in [-0.2, -0.15) is 0 Å². The van der Waals surface area contributed by atoms with Crippen LogP contribution in [0.2, 0.25) is 0 Å². The topological polar surface area (TPSA) is 34.9 Å². The summed E-state index contributed by atoms with van der Waals surface area (Å²) in [5.41, 5.74) is 2.14. The summed E-state index contributed by atoms with van der Waals surface area (Å²) in [5.74, 6) is 0.868. The molecule has 96 valence electrons. The maximum absolute atomic E-state index is 11.7. The smallest absolute Gasteiger partial charge is 0.169 e. The van der Waals surface area contributed by atoms with Crippen LogP contribution < -0.4 is 0 Å². The van der Waals surface area contributed by atoms with Crippen LogP contribution in [0.4, 0.5) is 0 Å². The molecule has 0 unspecified atom stereocenters. The van der Waals surface area contributed by atoms with Crippen molar-refractivity contribution in [1.29, 1.82) is 0 Å². The molecule has 0 spiro atoms. The van der Waals surface area contributed by atoms with Crippen LogP contribution >= 0.6 is 11.8 Å². The molecule has 1 aromatic heterocycles. The fourth-order valence-corrected chi connectivity index (χ4v) is 2.92. The van der Waals surface area contributed by atoms with E-state index in [1.807, 2.05) is 32.0 Å². The van der Waals surface area contributed by atoms with E-state index in [0.717, 1.165) is 22.7 Å². The van der Waals surface area contributed by atoms with E-state index in [2.05, 4.69) is 22.5 Å². The third kappa shape index (κ3) is 2.58. The van der Waals surface area contributed by atoms with Gasteiger partial charge in [0.25, 0.3) is 0 Å². The van der Waals surface area contributed by atoms with Gasteiger partial charge in [-0.25, -0.2) is 4.98 Å². The number of rotatable bonds is 5. The first-order valence-corrected chi connectivity index (χ1v) is 7.22. The normalized spacial score (nSPS) is 11.3. The summed E-state index contributed by atoms with van der Waals surface area (Å²) in [6.07, 6.45) is 0. The molecule has 3 nitrogen and oxygen atoms in total. The molecule has 4 heteroatoms. The Bertz CT molecular complexity index is 560. The molecule has 0 fully saturated rings. The number of carbonyl (C=O) groups is 1. The van der Waals surface area contributed by atoms with Crippen molar-refractivity contribution in [3.63, 3.8) is 0 Å². The van der Waals surface area contributed by atoms with E-state index < -0.39 is 0 Å². The molecule has 0 amide bonds. The van der Waals surface area contributed by atoms with E-state index in [1.54, 1.807) is 0 Å². The molecule has 18 heavy (non-hydrogen) atoms. The van der Waals surface area contributed by atoms with Gasteiger partial charge in [-0.3, -0.25) is 4.79 Å². The minimum atomic E-state index is 0.0944. The van der Waals surface area contributed by atoms with Gasteiger partial charge in [0, 0.05) is 12.5 Å². The van der Waals surface area contributed by atoms with E-state index >= 15 is 0 Å². The fourth-order valence-electron chi connectivity index (χ4n) is 1.77. The lowest BCUT2D eigenvalue weighted by Gasteiger charge is -2.06. The largest absolute Gasteiger partial charge is 0.319 e. The molecule has 0 aliphatic heterocycles. The highest BCUT2D eigenvalue weighted by Crippen LogP contribution is 2.24. The van der Waals surface area contributed by atoms with Crippen molar-refractivity contribution in [3.8, 4) is 0 Å². The molecule has 0 bridgehead atoms. The van der Waals surface area contributed by atoms with E-state index in [0.29, 0.717) is 5.75 Å². The third-order valence-corrected chi connectivity index (χ3v) is 3.92. The van der Waals surface area contributed by atoms with Gasteiger partial charge in [-0.1, -0.05) is 37.7 Å². The summed E-state index contributed by atoms with van der Waals surface area (Å²) in [6.45, 7) is 6.85. The average molecular weight is 262 g/mol. The monoisotopic (exact) mass is 262 g/mol. The predicted octanol–water partition coefficient (Wildman–Crippen LogP) is 3.37. The van der Waals surface area contributed by atoms with Crippen LogP contribution in [0.5, 0.6) is 0 Å². The second-order valence-electron chi connectivity index (χ2n) is 4.54. The molecule has 2 aromatic rings. The van der Waals surface area contributed by atoms with Crippen LogP contribution in [0.3, 0.4) is 0 Å². The van der Waals surface area contributed by atoms with E-state index in [1.165, 1.54) is 11.8 Å². The second kappa shape index (κ2) is 5.57. The molecule has 0 aliphatic carbocycles. The number of hydrogen-bond acceptors (Lipinski definition) is 3. The number of ketones is 1. The summed E-state index contributed by atoms with van der Waals surface area (Å²) >= 11 is 1.54. The number of Topliss-reactive ketones (excluding diaryl/α,β-unsaturated/α-hetero) is 1. The Morgan fingerprint density at radius 2 is 2.11 bits per heavy atom. The number of aryl methyl sites for hydroxylation is 1. The maximum Gasteiger partial charge on any atom is 0.169 e. The number of benzene rings is 1. The van der Waals surface area contributed by atoms with Gasteiger partial charge in [0.1, 0.15) is 5.78 Å². The number of imidazole rings is 1. The van der Waals surface area contributed by atoms with E-state index in [4.69, 9.17) is 0 Å². The van der Waals surface area contributed by atoms with E-state index in [9.17, 15) is 4.79 Å². The number of thioether (sulfide) groups is 1. The summed E-state index contributed by atoms with van der Waals surface area (Å²) in [6, 6.07) is 8.09. The van der Waals surface area contributed by atoms with Gasteiger partial charge in [0.15, 0.2) is 5.16 Å². The molecular weight excluding hydrogens is 244 g/mol. The Morgan fingerprint density at radius 1 is 1.39 bits per heavy atom. The highest BCUT2D eigenvalue weighted by molar-refractivity contribution is 7.99. The van der Waals surface area contributed by atoms with Crippen molar-refractivity contribution < 1.29 is 4.79 Å². The van der Waals surface area contributed by atoms with Crippen LogP contribution in [0.25, 0.3) is 11.0 Å². The van der Waals surface area contributed by atoms with Gasteiger partial charge in [-0.15, -0.1) is 0 Å². The third-order valence-electron chi connectivity index (χ3n) is 2.92. The number of aromatic nitrogens is 2. The number of nitrogens with zero attached hydrogens (tertiary/aromatic N) is 2. The highest BCUT2D eigenvalue weighted by Gasteiger charge is 2.13. The lowest BCUT2D eigenvalue weighted by Crippen LogP contribution is -2.10. The molecule has 2 rings (SSSR count). The Morgan fingerprint density at radius 3 is 2.78 bits per heavy atom. The molecule has 0 radical (unpaired) electrons. The van der Waals surface area contributed by atoms with Gasteiger partial charge in [-0.05, 0) is 19.1 Å². The molecule has 1 heterocycles. The molecule has 0 saturated heterocycles. The summed E-state index contributed by atoms with van der Waals surface area (Å²) in [5, 5.41) is 0.938. The Labute approximate surface area is 112 Å². The van der Waals surface area contributed by atoms with Crippen molar-refractivity contribution >= 4 is 28.6 Å². The molecule has 0 N–H and O–H groups in total. The number of carbonyl (C=O) groups excluding carboxylic acids is 1. The lowest BCUT2D eigenvalue weighted by molar-refractivity contribution is -0.119. The van der Waals surface area contributed by atoms with Crippen LogP contribution in [0.15, 0.2) is 29.4 Å². The predicted molar refractivity (Wildman–Crippen MR) is 76.0 cm³/mol. The summed E-state index contributed by atoms with van der Waals surface area (Å²) in [4.78, 5) is 16.3. The average Bonchev–Trinajstić information content (AvgIpc) is 2.73. The highest BCUT2D eigenvalue weighted by atomic mass is 32.2. The minimum Gasteiger partial charge on any atom is -0.319 e. The fraction of sp³-hybridized carbons (Fsp3) is 0.429. The zero-order chi connectivity index (χ0) is 13.1. The van der Waals surface area contributed by atoms with Crippen LogP contribution in [0, 0.1) is 5.92 Å². The first-order valence-electron chi connectivity index (χ1n) is 6.24. The SMILES string of the molecule is CCn1c(SCC(=O)C(C)C)nc2ccccc21. The summed E-state index contributed by atoms with van der Waals surface area (Å²) < 4.78 is 2.16. The van der Waals surface area contributed by atoms with Crippen molar-refractivity contribution in [3.05, 3.63) is 24.3 Å². The molecule has 0 saturated carbocycles. The lowest BCUT2D eigenvalue weighted by atomic mass is 10.1. The zero-order valence-electron chi connectivity index (χ0n) is 11.0.